The van der Waals surface area contributed by atoms with Crippen molar-refractivity contribution >= 4 is 12.7 Å². The van der Waals surface area contributed by atoms with E-state index < -0.39 is 0 Å². The summed E-state index contributed by atoms with van der Waals surface area (Å²) in [5.74, 6) is 0. The summed E-state index contributed by atoms with van der Waals surface area (Å²) in [6.07, 6.45) is 7.58. The molecule has 0 aliphatic carbocycles. The summed E-state index contributed by atoms with van der Waals surface area (Å²) in [6.45, 7) is 11.2. The standard InChI is InChI=1S/C9H13NO.C2H6O.C2H4O.CH5N/c1-3-5-9(4-2)6-7-10-8-11;2*1-2-3;1-2/h3-5,8H,1-2,6-7H2,(H,10,11);3H,2H2,1H3;2H,1H3;2H2,1H3/b9-5+;;;. The molecule has 0 aromatic carbocycles. The van der Waals surface area contributed by atoms with Gasteiger partial charge in [-0.3, -0.25) is 4.79 Å². The molecule has 0 saturated carbocycles. The van der Waals surface area contributed by atoms with Crippen LogP contribution in [-0.4, -0.2) is 38.0 Å². The number of aliphatic hydroxyl groups excluding tert-OH is 1. The molecule has 0 aromatic heterocycles. The normalized spacial score (nSPS) is 7.95. The highest BCUT2D eigenvalue weighted by molar-refractivity contribution is 5.45. The van der Waals surface area contributed by atoms with Crippen LogP contribution in [0.5, 0.6) is 0 Å². The Morgan fingerprint density at radius 3 is 2.00 bits per heavy atom. The Morgan fingerprint density at radius 1 is 1.32 bits per heavy atom. The quantitative estimate of drug-likeness (QED) is 0.385. The van der Waals surface area contributed by atoms with Crippen molar-refractivity contribution < 1.29 is 14.7 Å². The van der Waals surface area contributed by atoms with Gasteiger partial charge in [-0.2, -0.15) is 0 Å². The molecule has 5 heteroatoms. The SMILES string of the molecule is C=C/C=C(\C=C)CCNC=O.CC=O.CCO.CN. The fourth-order valence-electron chi connectivity index (χ4n) is 0.680. The Hall–Kier alpha value is -1.72. The van der Waals surface area contributed by atoms with Crippen molar-refractivity contribution in [1.29, 1.82) is 0 Å². The molecule has 4 N–H and O–H groups in total. The lowest BCUT2D eigenvalue weighted by Crippen LogP contribution is -2.12. The van der Waals surface area contributed by atoms with Crippen molar-refractivity contribution in [2.75, 3.05) is 20.2 Å². The summed E-state index contributed by atoms with van der Waals surface area (Å²) in [4.78, 5) is 18.7. The molecule has 0 aromatic rings. The number of carbonyl (C=O) groups excluding carboxylic acids is 2. The van der Waals surface area contributed by atoms with E-state index in [0.29, 0.717) is 13.0 Å². The van der Waals surface area contributed by atoms with Crippen molar-refractivity contribution in [1.82, 2.24) is 5.32 Å². The summed E-state index contributed by atoms with van der Waals surface area (Å²) >= 11 is 0. The number of aldehydes is 1. The smallest absolute Gasteiger partial charge is 0.207 e. The Bertz CT molecular complexity index is 227. The highest BCUT2D eigenvalue weighted by Crippen LogP contribution is 2.00. The van der Waals surface area contributed by atoms with Crippen LogP contribution in [-0.2, 0) is 9.59 Å². The van der Waals surface area contributed by atoms with E-state index in [4.69, 9.17) is 9.90 Å². The third kappa shape index (κ3) is 48.4. The van der Waals surface area contributed by atoms with Gasteiger partial charge in [0, 0.05) is 13.2 Å². The molecule has 0 rings (SSSR count). The minimum Gasteiger partial charge on any atom is -0.397 e. The minimum absolute atomic E-state index is 0.250. The summed E-state index contributed by atoms with van der Waals surface area (Å²) < 4.78 is 0. The van der Waals surface area contributed by atoms with E-state index >= 15 is 0 Å². The molecule has 0 radical (unpaired) electrons. The first-order valence-corrected chi connectivity index (χ1v) is 5.87. The van der Waals surface area contributed by atoms with Gasteiger partial charge in [-0.1, -0.05) is 31.4 Å². The number of nitrogens with one attached hydrogen (secondary N) is 1. The molecule has 0 atom stereocenters. The molecule has 5 nitrogen and oxygen atoms in total. The zero-order valence-electron chi connectivity index (χ0n) is 12.3. The van der Waals surface area contributed by atoms with Crippen LogP contribution < -0.4 is 11.1 Å². The number of nitrogens with two attached hydrogens (primary N) is 1. The van der Waals surface area contributed by atoms with Crippen LogP contribution in [0.2, 0.25) is 0 Å². The van der Waals surface area contributed by atoms with Crippen molar-refractivity contribution in [3.63, 3.8) is 0 Å². The zero-order valence-corrected chi connectivity index (χ0v) is 12.3. The number of rotatable bonds is 6. The average molecular weight is 272 g/mol. The van der Waals surface area contributed by atoms with Gasteiger partial charge in [-0.25, -0.2) is 0 Å². The van der Waals surface area contributed by atoms with Crippen molar-refractivity contribution in [2.24, 2.45) is 5.73 Å². The molecule has 0 unspecified atom stereocenters. The van der Waals surface area contributed by atoms with Gasteiger partial charge in [0.15, 0.2) is 0 Å². The molecule has 0 heterocycles. The maximum absolute atomic E-state index is 9.86. The molecule has 112 valence electrons. The van der Waals surface area contributed by atoms with Crippen LogP contribution in [0.3, 0.4) is 0 Å². The third-order valence-corrected chi connectivity index (χ3v) is 1.24. The first-order chi connectivity index (χ1) is 9.17. The fraction of sp³-hybridized carbons (Fsp3) is 0.429. The second kappa shape index (κ2) is 36.0. The Kier molecular flexibility index (Phi) is 49.2. The number of allylic oxidation sites excluding steroid dienone is 3. The van der Waals surface area contributed by atoms with E-state index in [0.717, 1.165) is 18.3 Å². The first kappa shape index (κ1) is 26.0. The Labute approximate surface area is 116 Å². The van der Waals surface area contributed by atoms with Gasteiger partial charge in [-0.05, 0) is 32.9 Å². The number of amides is 1. The van der Waals surface area contributed by atoms with Crippen molar-refractivity contribution in [3.8, 4) is 0 Å². The molecule has 0 aliphatic heterocycles. The van der Waals surface area contributed by atoms with Crippen LogP contribution in [0.25, 0.3) is 0 Å². The highest BCUT2D eigenvalue weighted by atomic mass is 16.2. The van der Waals surface area contributed by atoms with Gasteiger partial charge in [0.1, 0.15) is 6.29 Å². The van der Waals surface area contributed by atoms with Crippen LogP contribution in [0.15, 0.2) is 37.0 Å². The molecular weight excluding hydrogens is 244 g/mol. The lowest BCUT2D eigenvalue weighted by Gasteiger charge is -1.98. The molecule has 0 aliphatic rings. The molecule has 1 amide bonds. The lowest BCUT2D eigenvalue weighted by atomic mass is 10.2. The molecule has 19 heavy (non-hydrogen) atoms. The second-order valence-corrected chi connectivity index (χ2v) is 2.56. The van der Waals surface area contributed by atoms with Crippen LogP contribution in [0, 0.1) is 0 Å². The van der Waals surface area contributed by atoms with Gasteiger partial charge in [0.05, 0.1) is 0 Å². The second-order valence-electron chi connectivity index (χ2n) is 2.56. The van der Waals surface area contributed by atoms with Gasteiger partial charge >= 0.3 is 0 Å². The topological polar surface area (TPSA) is 92.4 Å². The van der Waals surface area contributed by atoms with E-state index in [-0.39, 0.29) is 6.61 Å². The molecule has 0 spiro atoms. The first-order valence-electron chi connectivity index (χ1n) is 5.87. The number of aliphatic hydroxyl groups is 1. The van der Waals surface area contributed by atoms with Crippen LogP contribution in [0.4, 0.5) is 0 Å². The number of hydrogen-bond acceptors (Lipinski definition) is 4. The van der Waals surface area contributed by atoms with Crippen LogP contribution >= 0.6 is 0 Å². The molecule has 0 bridgehead atoms. The Morgan fingerprint density at radius 2 is 1.74 bits per heavy atom. The summed E-state index contributed by atoms with van der Waals surface area (Å²) in [7, 11) is 1.50. The fourth-order valence-corrected chi connectivity index (χ4v) is 0.680. The number of carbonyl (C=O) groups is 2. The molecular formula is C14H28N2O3. The summed E-state index contributed by atoms with van der Waals surface area (Å²) in [5.41, 5.74) is 5.58. The largest absolute Gasteiger partial charge is 0.397 e. The highest BCUT2D eigenvalue weighted by Gasteiger charge is 1.88. The van der Waals surface area contributed by atoms with E-state index in [2.05, 4.69) is 24.2 Å². The van der Waals surface area contributed by atoms with E-state index in [9.17, 15) is 4.79 Å². The maximum atomic E-state index is 9.86. The molecule has 0 fully saturated rings. The number of hydrogen-bond donors (Lipinski definition) is 3. The van der Waals surface area contributed by atoms with Gasteiger partial charge in [-0.15, -0.1) is 0 Å². The van der Waals surface area contributed by atoms with Crippen molar-refractivity contribution in [3.05, 3.63) is 37.0 Å². The van der Waals surface area contributed by atoms with E-state index in [1.807, 2.05) is 6.08 Å². The van der Waals surface area contributed by atoms with Gasteiger partial charge < -0.3 is 21.0 Å². The summed E-state index contributed by atoms with van der Waals surface area (Å²) in [6, 6.07) is 0. The Balaban J connectivity index is -0.000000117. The van der Waals surface area contributed by atoms with E-state index in [1.54, 1.807) is 19.1 Å². The predicted octanol–water partition coefficient (Wildman–Crippen LogP) is 1.20. The lowest BCUT2D eigenvalue weighted by molar-refractivity contribution is -0.109. The molecule has 0 saturated heterocycles. The maximum Gasteiger partial charge on any atom is 0.207 e. The average Bonchev–Trinajstić information content (AvgIpc) is 2.42. The third-order valence-electron chi connectivity index (χ3n) is 1.24. The minimum atomic E-state index is 0.250. The van der Waals surface area contributed by atoms with E-state index in [1.165, 1.54) is 14.0 Å². The van der Waals surface area contributed by atoms with Gasteiger partial charge in [0.25, 0.3) is 0 Å². The summed E-state index contributed by atoms with van der Waals surface area (Å²) in [5, 5.41) is 10.1. The van der Waals surface area contributed by atoms with Gasteiger partial charge in [0.2, 0.25) is 6.41 Å². The van der Waals surface area contributed by atoms with Crippen molar-refractivity contribution in [2.45, 2.75) is 20.3 Å². The zero-order chi connectivity index (χ0) is 15.9. The monoisotopic (exact) mass is 272 g/mol. The predicted molar refractivity (Wildman–Crippen MR) is 81.8 cm³/mol. The van der Waals surface area contributed by atoms with Crippen LogP contribution in [0.1, 0.15) is 20.3 Å².